The number of nitrogens with two attached hydrogens (primary N) is 1. The van der Waals surface area contributed by atoms with E-state index in [9.17, 15) is 4.39 Å². The highest BCUT2D eigenvalue weighted by molar-refractivity contribution is 6.30. The summed E-state index contributed by atoms with van der Waals surface area (Å²) in [4.78, 5) is 0. The molecule has 3 heteroatoms. The van der Waals surface area contributed by atoms with Gasteiger partial charge in [-0.1, -0.05) is 17.7 Å². The second-order valence-corrected chi connectivity index (χ2v) is 4.17. The number of aryl methyl sites for hydroxylation is 1. The minimum atomic E-state index is -0.445. The Kier molecular flexibility index (Phi) is 1.86. The van der Waals surface area contributed by atoms with Crippen LogP contribution in [0.3, 0.4) is 0 Å². The zero-order valence-electron chi connectivity index (χ0n) is 7.40. The fourth-order valence-corrected chi connectivity index (χ4v) is 1.76. The van der Waals surface area contributed by atoms with Crippen molar-refractivity contribution < 1.29 is 4.39 Å². The topological polar surface area (TPSA) is 26.0 Å². The number of hydrogen-bond acceptors (Lipinski definition) is 1. The molecule has 0 unspecified atom stereocenters. The van der Waals surface area contributed by atoms with Gasteiger partial charge in [0.05, 0.1) is 5.02 Å². The van der Waals surface area contributed by atoms with Gasteiger partial charge in [0.1, 0.15) is 5.82 Å². The van der Waals surface area contributed by atoms with E-state index in [0.29, 0.717) is 5.56 Å². The maximum atomic E-state index is 13.5. The van der Waals surface area contributed by atoms with Gasteiger partial charge in [-0.25, -0.2) is 4.39 Å². The van der Waals surface area contributed by atoms with E-state index in [2.05, 4.69) is 0 Å². The molecule has 1 nitrogen and oxygen atoms in total. The summed E-state index contributed by atoms with van der Waals surface area (Å²) in [6.07, 6.45) is 1.70. The van der Waals surface area contributed by atoms with Gasteiger partial charge >= 0.3 is 0 Å². The molecule has 0 radical (unpaired) electrons. The van der Waals surface area contributed by atoms with Gasteiger partial charge in [-0.2, -0.15) is 0 Å². The minimum absolute atomic E-state index is 0.173. The highest BCUT2D eigenvalue weighted by atomic mass is 35.5. The Hall–Kier alpha value is -0.600. The minimum Gasteiger partial charge on any atom is -0.321 e. The molecule has 0 saturated heterocycles. The first-order valence-corrected chi connectivity index (χ1v) is 4.66. The molecule has 13 heavy (non-hydrogen) atoms. The lowest BCUT2D eigenvalue weighted by Crippen LogP contribution is -2.20. The average Bonchev–Trinajstić information content (AvgIpc) is 2.77. The predicted octanol–water partition coefficient (Wildman–Crippen LogP) is 2.74. The van der Waals surface area contributed by atoms with Gasteiger partial charge in [-0.3, -0.25) is 0 Å². The Morgan fingerprint density at radius 1 is 1.46 bits per heavy atom. The van der Waals surface area contributed by atoms with E-state index in [1.54, 1.807) is 12.1 Å². The number of benzene rings is 1. The Morgan fingerprint density at radius 3 is 2.62 bits per heavy atom. The van der Waals surface area contributed by atoms with Crippen LogP contribution in [0.4, 0.5) is 4.39 Å². The van der Waals surface area contributed by atoms with Crippen LogP contribution in [0.5, 0.6) is 0 Å². The molecular formula is C10H11ClFN. The summed E-state index contributed by atoms with van der Waals surface area (Å²) in [5.41, 5.74) is 6.99. The van der Waals surface area contributed by atoms with Gasteiger partial charge in [-0.05, 0) is 31.4 Å². The molecule has 1 saturated carbocycles. The largest absolute Gasteiger partial charge is 0.321 e. The summed E-state index contributed by atoms with van der Waals surface area (Å²) in [6.45, 7) is 1.89. The number of rotatable bonds is 1. The molecule has 2 rings (SSSR count). The zero-order valence-corrected chi connectivity index (χ0v) is 8.16. The van der Waals surface area contributed by atoms with E-state index in [-0.39, 0.29) is 10.8 Å². The molecular weight excluding hydrogens is 189 g/mol. The van der Waals surface area contributed by atoms with Gasteiger partial charge in [-0.15, -0.1) is 0 Å². The lowest BCUT2D eigenvalue weighted by molar-refractivity contribution is 0.578. The van der Waals surface area contributed by atoms with Crippen molar-refractivity contribution in [3.05, 3.63) is 34.1 Å². The molecule has 1 aliphatic carbocycles. The maximum Gasteiger partial charge on any atom is 0.146 e. The molecule has 0 bridgehead atoms. The molecule has 70 valence electrons. The Labute approximate surface area is 81.7 Å². The van der Waals surface area contributed by atoms with E-state index in [1.807, 2.05) is 6.92 Å². The van der Waals surface area contributed by atoms with Gasteiger partial charge in [0.2, 0.25) is 0 Å². The standard InChI is InChI=1S/C10H11ClFN/c1-6-4-7(10(13)2-3-10)9(12)8(11)5-6/h4-5H,2-3,13H2,1H3. The fraction of sp³-hybridized carbons (Fsp3) is 0.400. The molecule has 1 aromatic rings. The fourth-order valence-electron chi connectivity index (χ4n) is 1.49. The molecule has 0 heterocycles. The zero-order chi connectivity index (χ0) is 9.64. The Morgan fingerprint density at radius 2 is 2.08 bits per heavy atom. The summed E-state index contributed by atoms with van der Waals surface area (Å²) in [7, 11) is 0. The summed E-state index contributed by atoms with van der Waals surface area (Å²) >= 11 is 5.72. The third-order valence-corrected chi connectivity index (χ3v) is 2.77. The van der Waals surface area contributed by atoms with Gasteiger partial charge in [0.25, 0.3) is 0 Å². The van der Waals surface area contributed by atoms with Crippen molar-refractivity contribution in [2.45, 2.75) is 25.3 Å². The van der Waals surface area contributed by atoms with Gasteiger partial charge in [0, 0.05) is 11.1 Å². The van der Waals surface area contributed by atoms with Crippen molar-refractivity contribution in [2.75, 3.05) is 0 Å². The molecule has 0 atom stereocenters. The molecule has 0 aromatic heterocycles. The third kappa shape index (κ3) is 1.45. The molecule has 1 aromatic carbocycles. The quantitative estimate of drug-likeness (QED) is 0.740. The first kappa shape index (κ1) is 8.97. The van der Waals surface area contributed by atoms with Crippen LogP contribution in [0.25, 0.3) is 0 Å². The predicted molar refractivity (Wildman–Crippen MR) is 51.2 cm³/mol. The van der Waals surface area contributed by atoms with Gasteiger partial charge < -0.3 is 5.73 Å². The monoisotopic (exact) mass is 199 g/mol. The summed E-state index contributed by atoms with van der Waals surface area (Å²) in [6, 6.07) is 3.40. The van der Waals surface area contributed by atoms with Crippen molar-refractivity contribution in [1.29, 1.82) is 0 Å². The second-order valence-electron chi connectivity index (χ2n) is 3.76. The molecule has 0 aliphatic heterocycles. The van der Waals surface area contributed by atoms with E-state index >= 15 is 0 Å². The van der Waals surface area contributed by atoms with E-state index in [0.717, 1.165) is 18.4 Å². The van der Waals surface area contributed by atoms with Crippen molar-refractivity contribution in [1.82, 2.24) is 0 Å². The Bertz CT molecular complexity index is 358. The van der Waals surface area contributed by atoms with E-state index < -0.39 is 5.54 Å². The first-order chi connectivity index (χ1) is 6.03. The molecule has 2 N–H and O–H groups in total. The second kappa shape index (κ2) is 2.69. The number of halogens is 2. The van der Waals surface area contributed by atoms with Gasteiger partial charge in [0.15, 0.2) is 0 Å². The Balaban J connectivity index is 2.56. The summed E-state index contributed by atoms with van der Waals surface area (Å²) in [5, 5.41) is 0.173. The van der Waals surface area contributed by atoms with Crippen molar-refractivity contribution >= 4 is 11.6 Å². The van der Waals surface area contributed by atoms with Crippen molar-refractivity contribution in [3.63, 3.8) is 0 Å². The molecule has 0 spiro atoms. The third-order valence-electron chi connectivity index (χ3n) is 2.50. The van der Waals surface area contributed by atoms with E-state index in [4.69, 9.17) is 17.3 Å². The van der Waals surface area contributed by atoms with Crippen LogP contribution in [0.1, 0.15) is 24.0 Å². The number of hydrogen-bond donors (Lipinski definition) is 1. The molecule has 1 fully saturated rings. The lowest BCUT2D eigenvalue weighted by Gasteiger charge is -2.12. The summed E-state index contributed by atoms with van der Waals surface area (Å²) < 4.78 is 13.5. The SMILES string of the molecule is Cc1cc(Cl)c(F)c(C2(N)CC2)c1. The normalized spacial score (nSPS) is 18.8. The lowest BCUT2D eigenvalue weighted by atomic mass is 10.0. The van der Waals surface area contributed by atoms with Crippen LogP contribution in [0, 0.1) is 12.7 Å². The van der Waals surface area contributed by atoms with Crippen LogP contribution < -0.4 is 5.73 Å². The molecule has 1 aliphatic rings. The van der Waals surface area contributed by atoms with Crippen LogP contribution in [-0.4, -0.2) is 0 Å². The maximum absolute atomic E-state index is 13.5. The average molecular weight is 200 g/mol. The summed E-state index contributed by atoms with van der Waals surface area (Å²) in [5.74, 6) is -0.354. The van der Waals surface area contributed by atoms with Crippen LogP contribution in [0.2, 0.25) is 5.02 Å². The van der Waals surface area contributed by atoms with Crippen molar-refractivity contribution in [2.24, 2.45) is 5.73 Å². The first-order valence-electron chi connectivity index (χ1n) is 4.28. The molecule has 0 amide bonds. The smallest absolute Gasteiger partial charge is 0.146 e. The van der Waals surface area contributed by atoms with Crippen LogP contribution in [0.15, 0.2) is 12.1 Å². The highest BCUT2D eigenvalue weighted by Gasteiger charge is 2.42. The van der Waals surface area contributed by atoms with Crippen molar-refractivity contribution in [3.8, 4) is 0 Å². The van der Waals surface area contributed by atoms with Crippen LogP contribution in [-0.2, 0) is 5.54 Å². The van der Waals surface area contributed by atoms with E-state index in [1.165, 1.54) is 0 Å². The van der Waals surface area contributed by atoms with Crippen LogP contribution >= 0.6 is 11.6 Å². The highest BCUT2D eigenvalue weighted by Crippen LogP contribution is 2.45.